The van der Waals surface area contributed by atoms with Gasteiger partial charge in [0.15, 0.2) is 12.3 Å². The van der Waals surface area contributed by atoms with Crippen molar-refractivity contribution in [2.45, 2.75) is 57.5 Å². The first-order chi connectivity index (χ1) is 15.5. The van der Waals surface area contributed by atoms with E-state index in [9.17, 15) is 13.2 Å². The Kier molecular flexibility index (Phi) is 7.00. The molecule has 4 atom stereocenters. The summed E-state index contributed by atoms with van der Waals surface area (Å²) in [6, 6.07) is 12.5. The summed E-state index contributed by atoms with van der Waals surface area (Å²) in [7, 11) is 0. The number of allylic oxidation sites excluding steroid dienone is 5. The zero-order valence-electron chi connectivity index (χ0n) is 18.5. The fourth-order valence-corrected chi connectivity index (χ4v) is 4.57. The Hall–Kier alpha value is -2.59. The van der Waals surface area contributed by atoms with Crippen molar-refractivity contribution in [3.05, 3.63) is 89.3 Å². The Balaban J connectivity index is 1.50. The molecule has 0 saturated carbocycles. The van der Waals surface area contributed by atoms with Crippen LogP contribution in [0.25, 0.3) is 16.7 Å². The first-order valence-corrected chi connectivity index (χ1v) is 11.3. The molecular formula is C28H29F3O. The normalized spacial score (nSPS) is 26.2. The molecule has 32 heavy (non-hydrogen) atoms. The van der Waals surface area contributed by atoms with Crippen molar-refractivity contribution in [3.8, 4) is 11.1 Å². The molecule has 2 aromatic rings. The minimum Gasteiger partial charge on any atom is -0.374 e. The van der Waals surface area contributed by atoms with Crippen LogP contribution in [0.4, 0.5) is 13.2 Å². The van der Waals surface area contributed by atoms with Gasteiger partial charge in [-0.3, -0.25) is 0 Å². The zero-order valence-corrected chi connectivity index (χ0v) is 18.5. The predicted octanol–water partition coefficient (Wildman–Crippen LogP) is 7.74. The highest BCUT2D eigenvalue weighted by atomic mass is 19.2. The lowest BCUT2D eigenvalue weighted by Crippen LogP contribution is -2.23. The number of halogens is 3. The van der Waals surface area contributed by atoms with Crippen LogP contribution in [-0.4, -0.2) is 25.1 Å². The van der Waals surface area contributed by atoms with Gasteiger partial charge in [-0.2, -0.15) is 0 Å². The van der Waals surface area contributed by atoms with Gasteiger partial charge in [-0.25, -0.2) is 13.2 Å². The van der Waals surface area contributed by atoms with Crippen LogP contribution in [-0.2, 0) is 4.74 Å². The lowest BCUT2D eigenvalue weighted by molar-refractivity contribution is 0.0319. The van der Waals surface area contributed by atoms with E-state index in [4.69, 9.17) is 4.74 Å². The van der Waals surface area contributed by atoms with Crippen LogP contribution >= 0.6 is 0 Å². The second-order valence-corrected chi connectivity index (χ2v) is 8.51. The summed E-state index contributed by atoms with van der Waals surface area (Å²) < 4.78 is 49.6. The summed E-state index contributed by atoms with van der Waals surface area (Å²) in [6.07, 6.45) is 6.50. The van der Waals surface area contributed by atoms with Gasteiger partial charge in [-0.1, -0.05) is 67.6 Å². The number of rotatable bonds is 5. The molecule has 2 aliphatic rings. The highest BCUT2D eigenvalue weighted by Gasteiger charge is 2.30. The summed E-state index contributed by atoms with van der Waals surface area (Å²) in [6.45, 7) is 4.31. The first-order valence-electron chi connectivity index (χ1n) is 11.3. The minimum absolute atomic E-state index is 0.0578. The Morgan fingerprint density at radius 1 is 0.938 bits per heavy atom. The molecule has 0 spiro atoms. The summed E-state index contributed by atoms with van der Waals surface area (Å²) in [5, 5.41) is 0. The third-order valence-electron chi connectivity index (χ3n) is 6.50. The molecule has 168 valence electrons. The third kappa shape index (κ3) is 4.61. The molecule has 0 amide bonds. The van der Waals surface area contributed by atoms with Crippen LogP contribution in [0.3, 0.4) is 0 Å². The van der Waals surface area contributed by atoms with E-state index in [0.29, 0.717) is 35.3 Å². The summed E-state index contributed by atoms with van der Waals surface area (Å²) >= 11 is 0. The maximum Gasteiger partial charge on any atom is 0.161 e. The maximum absolute atomic E-state index is 14.9. The Labute approximate surface area is 188 Å². The summed E-state index contributed by atoms with van der Waals surface area (Å²) in [5.74, 6) is -0.177. The minimum atomic E-state index is -1.66. The van der Waals surface area contributed by atoms with E-state index in [2.05, 4.69) is 0 Å². The van der Waals surface area contributed by atoms with E-state index in [1.54, 1.807) is 30.4 Å². The number of hydrogen-bond acceptors (Lipinski definition) is 1. The third-order valence-corrected chi connectivity index (χ3v) is 6.50. The van der Waals surface area contributed by atoms with E-state index in [0.717, 1.165) is 24.0 Å². The number of hydrogen-bond donors (Lipinski definition) is 0. The molecule has 0 bridgehead atoms. The van der Waals surface area contributed by atoms with Gasteiger partial charge in [-0.15, -0.1) is 0 Å². The lowest BCUT2D eigenvalue weighted by atomic mass is 9.88. The second-order valence-electron chi connectivity index (χ2n) is 8.51. The topological polar surface area (TPSA) is 9.23 Å². The fraction of sp³-hybridized carbons (Fsp3) is 0.357. The van der Waals surface area contributed by atoms with Gasteiger partial charge in [0, 0.05) is 5.92 Å². The molecule has 4 unspecified atom stereocenters. The van der Waals surface area contributed by atoms with Gasteiger partial charge in [0.25, 0.3) is 0 Å². The highest BCUT2D eigenvalue weighted by Crippen LogP contribution is 2.35. The highest BCUT2D eigenvalue weighted by molar-refractivity contribution is 5.75. The zero-order chi connectivity index (χ0) is 22.7. The average Bonchev–Trinajstić information content (AvgIpc) is 2.82. The van der Waals surface area contributed by atoms with Crippen LogP contribution in [0.1, 0.15) is 50.2 Å². The van der Waals surface area contributed by atoms with Gasteiger partial charge < -0.3 is 4.74 Å². The van der Waals surface area contributed by atoms with Crippen LogP contribution in [0.5, 0.6) is 0 Å². The number of alkyl halides is 2. The van der Waals surface area contributed by atoms with Crippen molar-refractivity contribution in [3.63, 3.8) is 0 Å². The SMILES string of the molecule is C/C=C/C1CCC(c2ccc(-c3ccc(C4=CC=C(CC)C(F)C4F)cc3)cc2F)CO1. The molecule has 0 aromatic heterocycles. The van der Waals surface area contributed by atoms with Gasteiger partial charge in [0.05, 0.1) is 12.7 Å². The van der Waals surface area contributed by atoms with Crippen LogP contribution in [0, 0.1) is 5.82 Å². The molecule has 1 aliphatic heterocycles. The quantitative estimate of drug-likeness (QED) is 0.434. The Bertz CT molecular complexity index is 1030. The molecule has 1 heterocycles. The smallest absolute Gasteiger partial charge is 0.161 e. The van der Waals surface area contributed by atoms with E-state index < -0.39 is 12.3 Å². The molecule has 1 fully saturated rings. The molecule has 4 heteroatoms. The van der Waals surface area contributed by atoms with Crippen molar-refractivity contribution in [2.24, 2.45) is 0 Å². The molecule has 0 radical (unpaired) electrons. The van der Waals surface area contributed by atoms with Crippen LogP contribution in [0.2, 0.25) is 0 Å². The summed E-state index contributed by atoms with van der Waals surface area (Å²) in [5.41, 5.74) is 3.74. The standard InChI is InChI=1S/C28H29F3O/c1-3-5-23-13-10-22(17-32-23)24-14-12-21(16-26(24)29)19-6-8-20(9-7-19)25-15-11-18(4-2)27(30)28(25)31/h3,5-9,11-12,14-16,22-23,27-28H,4,10,13,17H2,1-2H3/b5-3+. The Morgan fingerprint density at radius 2 is 1.66 bits per heavy atom. The second kappa shape index (κ2) is 9.91. The largest absolute Gasteiger partial charge is 0.374 e. The molecular weight excluding hydrogens is 409 g/mol. The molecule has 1 nitrogen and oxygen atoms in total. The van der Waals surface area contributed by atoms with Gasteiger partial charge in [-0.05, 0) is 65.7 Å². The monoisotopic (exact) mass is 438 g/mol. The van der Waals surface area contributed by atoms with Crippen LogP contribution < -0.4 is 0 Å². The van der Waals surface area contributed by atoms with Crippen molar-refractivity contribution in [1.29, 1.82) is 0 Å². The van der Waals surface area contributed by atoms with Crippen molar-refractivity contribution in [2.75, 3.05) is 6.61 Å². The maximum atomic E-state index is 14.9. The number of ether oxygens (including phenoxy) is 1. The molecule has 1 saturated heterocycles. The van der Waals surface area contributed by atoms with Crippen molar-refractivity contribution >= 4 is 5.57 Å². The van der Waals surface area contributed by atoms with Crippen LogP contribution in [0.15, 0.2) is 72.3 Å². The van der Waals surface area contributed by atoms with E-state index in [-0.39, 0.29) is 17.8 Å². The van der Waals surface area contributed by atoms with Crippen molar-refractivity contribution < 1.29 is 17.9 Å². The molecule has 0 N–H and O–H groups in total. The van der Waals surface area contributed by atoms with Gasteiger partial charge in [0.1, 0.15) is 5.82 Å². The molecule has 4 rings (SSSR count). The summed E-state index contributed by atoms with van der Waals surface area (Å²) in [4.78, 5) is 0. The van der Waals surface area contributed by atoms with E-state index in [1.165, 1.54) is 0 Å². The first kappa shape index (κ1) is 22.6. The molecule has 2 aromatic carbocycles. The Morgan fingerprint density at radius 3 is 2.28 bits per heavy atom. The van der Waals surface area contributed by atoms with Gasteiger partial charge >= 0.3 is 0 Å². The average molecular weight is 439 g/mol. The lowest BCUT2D eigenvalue weighted by Gasteiger charge is -2.28. The molecule has 1 aliphatic carbocycles. The van der Waals surface area contributed by atoms with E-state index in [1.807, 2.05) is 50.3 Å². The van der Waals surface area contributed by atoms with E-state index >= 15 is 0 Å². The van der Waals surface area contributed by atoms with Crippen molar-refractivity contribution in [1.82, 2.24) is 0 Å². The van der Waals surface area contributed by atoms with Gasteiger partial charge in [0.2, 0.25) is 0 Å². The fourth-order valence-electron chi connectivity index (χ4n) is 4.57. The number of benzene rings is 2. The predicted molar refractivity (Wildman–Crippen MR) is 125 cm³/mol.